The van der Waals surface area contributed by atoms with E-state index in [1.165, 1.54) is 19.2 Å². The van der Waals surface area contributed by atoms with Crippen LogP contribution in [-0.4, -0.2) is 51.9 Å². The van der Waals surface area contributed by atoms with Gasteiger partial charge in [-0.3, -0.25) is 14.7 Å². The number of carbonyl (C=O) groups is 1. The first-order valence-corrected chi connectivity index (χ1v) is 12.4. The van der Waals surface area contributed by atoms with Gasteiger partial charge < -0.3 is 19.2 Å². The topological polar surface area (TPSA) is 124 Å². The number of aromatic amines is 1. The lowest BCUT2D eigenvalue weighted by atomic mass is 10.1. The number of rotatable bonds is 5. The second-order valence-corrected chi connectivity index (χ2v) is 9.21. The Labute approximate surface area is 223 Å². The lowest BCUT2D eigenvalue weighted by Crippen LogP contribution is -2.40. The van der Waals surface area contributed by atoms with Crippen molar-refractivity contribution in [2.45, 2.75) is 25.1 Å². The molecule has 0 saturated carbocycles. The van der Waals surface area contributed by atoms with Crippen molar-refractivity contribution in [2.24, 2.45) is 0 Å². The predicted octanol–water partition coefficient (Wildman–Crippen LogP) is 4.43. The Bertz CT molecular complexity index is 1790. The summed E-state index contributed by atoms with van der Waals surface area (Å²) in [5, 5.41) is 4.99. The molecule has 40 heavy (non-hydrogen) atoms. The first-order chi connectivity index (χ1) is 19.3. The van der Waals surface area contributed by atoms with Crippen LogP contribution in [0.1, 0.15) is 29.0 Å². The number of aromatic nitrogens is 4. The van der Waals surface area contributed by atoms with Gasteiger partial charge in [0.1, 0.15) is 22.7 Å². The maximum atomic E-state index is 14.2. The highest BCUT2D eigenvalue weighted by Gasteiger charge is 2.39. The molecule has 5 aromatic rings. The summed E-state index contributed by atoms with van der Waals surface area (Å²) in [5.74, 6) is -0.683. The molecule has 10 nitrogen and oxygen atoms in total. The molecule has 1 saturated heterocycles. The van der Waals surface area contributed by atoms with Crippen LogP contribution in [0.2, 0.25) is 0 Å². The summed E-state index contributed by atoms with van der Waals surface area (Å²) in [6, 6.07) is 12.3. The van der Waals surface area contributed by atoms with Gasteiger partial charge in [-0.2, -0.15) is 17.7 Å². The molecule has 1 fully saturated rings. The van der Waals surface area contributed by atoms with Crippen LogP contribution in [0.5, 0.6) is 5.75 Å². The smallest absolute Gasteiger partial charge is 0.433 e. The lowest BCUT2D eigenvalue weighted by Gasteiger charge is -2.23. The molecule has 0 aliphatic carbocycles. The average Bonchev–Trinajstić information content (AvgIpc) is 3.56. The highest BCUT2D eigenvalue weighted by atomic mass is 19.4. The number of fused-ring (bicyclic) bond motifs is 2. The molecular weight excluding hydrogens is 531 g/mol. The summed E-state index contributed by atoms with van der Waals surface area (Å²) in [5.41, 5.74) is -3.02. The number of nitrogens with zero attached hydrogens (tertiary/aromatic N) is 3. The Hall–Kier alpha value is -4.65. The number of nitrogens with one attached hydrogen (secondary N) is 2. The molecular formula is C27H22F3N5O5. The van der Waals surface area contributed by atoms with Crippen molar-refractivity contribution in [3.05, 3.63) is 70.3 Å². The minimum absolute atomic E-state index is 0.163. The Morgan fingerprint density at radius 3 is 2.52 bits per heavy atom. The zero-order valence-corrected chi connectivity index (χ0v) is 21.0. The van der Waals surface area contributed by atoms with Crippen molar-refractivity contribution in [1.29, 1.82) is 0 Å². The Morgan fingerprint density at radius 1 is 1.07 bits per heavy atom. The Balaban J connectivity index is 1.64. The Morgan fingerprint density at radius 2 is 1.82 bits per heavy atom. The van der Waals surface area contributed by atoms with Crippen LogP contribution >= 0.6 is 0 Å². The number of alkyl halides is 3. The number of carbonyl (C=O) groups excluding carboxylic acids is 1. The Kier molecular flexibility index (Phi) is 6.29. The molecule has 13 heteroatoms. The highest BCUT2D eigenvalue weighted by Crippen LogP contribution is 2.39. The zero-order valence-electron chi connectivity index (χ0n) is 21.0. The third kappa shape index (κ3) is 4.37. The predicted molar refractivity (Wildman–Crippen MR) is 137 cm³/mol. The van der Waals surface area contributed by atoms with E-state index in [1.807, 2.05) is 0 Å². The molecule has 6 rings (SSSR count). The monoisotopic (exact) mass is 553 g/mol. The minimum atomic E-state index is -4.86. The summed E-state index contributed by atoms with van der Waals surface area (Å²) in [6.07, 6.45) is -3.80. The first-order valence-electron chi connectivity index (χ1n) is 12.4. The van der Waals surface area contributed by atoms with Gasteiger partial charge in [-0.05, 0) is 30.5 Å². The van der Waals surface area contributed by atoms with E-state index >= 15 is 0 Å². The van der Waals surface area contributed by atoms with E-state index < -0.39 is 34.6 Å². The molecule has 0 spiro atoms. The molecule has 0 unspecified atom stereocenters. The van der Waals surface area contributed by atoms with Crippen molar-refractivity contribution in [3.63, 3.8) is 0 Å². The van der Waals surface area contributed by atoms with Crippen molar-refractivity contribution in [2.75, 3.05) is 20.3 Å². The van der Waals surface area contributed by atoms with Crippen LogP contribution in [-0.2, 0) is 10.9 Å². The number of ether oxygens (including phenoxy) is 2. The van der Waals surface area contributed by atoms with E-state index in [1.54, 1.807) is 36.4 Å². The van der Waals surface area contributed by atoms with Gasteiger partial charge in [0.25, 0.3) is 11.5 Å². The highest BCUT2D eigenvalue weighted by molar-refractivity contribution is 6.00. The molecule has 3 aromatic heterocycles. The van der Waals surface area contributed by atoms with Crippen LogP contribution in [0, 0.1) is 0 Å². The maximum absolute atomic E-state index is 14.2. The van der Waals surface area contributed by atoms with Gasteiger partial charge in [0.2, 0.25) is 5.89 Å². The van der Waals surface area contributed by atoms with E-state index in [9.17, 15) is 22.8 Å². The van der Waals surface area contributed by atoms with E-state index in [2.05, 4.69) is 20.4 Å². The van der Waals surface area contributed by atoms with Gasteiger partial charge in [0.05, 0.1) is 12.7 Å². The number of para-hydroxylation sites is 1. The zero-order chi connectivity index (χ0) is 28.0. The van der Waals surface area contributed by atoms with Gasteiger partial charge in [0.15, 0.2) is 16.7 Å². The van der Waals surface area contributed by atoms with Crippen molar-refractivity contribution >= 4 is 22.7 Å². The fourth-order valence-corrected chi connectivity index (χ4v) is 4.80. The minimum Gasteiger partial charge on any atom is -0.494 e. The summed E-state index contributed by atoms with van der Waals surface area (Å²) in [6.45, 7) is 0.867. The van der Waals surface area contributed by atoms with Gasteiger partial charge in [-0.25, -0.2) is 9.97 Å². The molecule has 1 aliphatic rings. The van der Waals surface area contributed by atoms with Crippen LogP contribution in [0.4, 0.5) is 13.2 Å². The summed E-state index contributed by atoms with van der Waals surface area (Å²) in [4.78, 5) is 36.2. The summed E-state index contributed by atoms with van der Waals surface area (Å²) >= 11 is 0. The number of halogens is 3. The number of amides is 1. The number of hydrogen-bond donors (Lipinski definition) is 2. The van der Waals surface area contributed by atoms with Gasteiger partial charge in [0, 0.05) is 19.3 Å². The fraction of sp³-hybridized carbons (Fsp3) is 0.259. The van der Waals surface area contributed by atoms with Crippen molar-refractivity contribution < 1.29 is 31.9 Å². The summed E-state index contributed by atoms with van der Waals surface area (Å²) in [7, 11) is 1.43. The molecule has 206 valence electrons. The standard InChI is InChI=1S/C27H22F3N5O5/c1-38-16-8-5-9-17-20(16)33-25(40-17)19-21(24(36)31-15-10-12-39-13-11-15)32-23-18(14-6-3-2-4-7-14)22(27(28,29)30)34-35(23)26(19)37/h2-9,15,34H,10-13H2,1H3,(H,31,36). The van der Waals surface area contributed by atoms with E-state index in [-0.39, 0.29) is 39.8 Å². The maximum Gasteiger partial charge on any atom is 0.433 e. The quantitative estimate of drug-likeness (QED) is 0.330. The van der Waals surface area contributed by atoms with Crippen LogP contribution in [0.25, 0.3) is 39.3 Å². The molecule has 2 aromatic carbocycles. The number of hydrogen-bond acceptors (Lipinski definition) is 7. The molecule has 1 aliphatic heterocycles. The summed E-state index contributed by atoms with van der Waals surface area (Å²) < 4.78 is 59.8. The molecule has 1 amide bonds. The molecule has 0 bridgehead atoms. The molecule has 0 radical (unpaired) electrons. The van der Waals surface area contributed by atoms with E-state index in [4.69, 9.17) is 13.9 Å². The van der Waals surface area contributed by atoms with Gasteiger partial charge >= 0.3 is 6.18 Å². The van der Waals surface area contributed by atoms with Crippen molar-refractivity contribution in [3.8, 4) is 28.3 Å². The van der Waals surface area contributed by atoms with Gasteiger partial charge in [-0.15, -0.1) is 0 Å². The van der Waals surface area contributed by atoms with Crippen molar-refractivity contribution in [1.82, 2.24) is 24.9 Å². The average molecular weight is 553 g/mol. The molecule has 0 atom stereocenters. The number of methoxy groups -OCH3 is 1. The third-order valence-electron chi connectivity index (χ3n) is 6.71. The van der Waals surface area contributed by atoms with Crippen LogP contribution in [0.15, 0.2) is 57.7 Å². The lowest BCUT2D eigenvalue weighted by molar-refractivity contribution is -0.140. The SMILES string of the molecule is COc1cccc2oc(-c3c(C(=O)NC4CCOCC4)nc4c(-c5ccccc5)c(C(F)(F)F)[nH]n4c3=O)nc12. The third-order valence-corrected chi connectivity index (χ3v) is 6.71. The first kappa shape index (κ1) is 25.6. The van der Waals surface area contributed by atoms with E-state index in [0.29, 0.717) is 36.3 Å². The normalized spacial score (nSPS) is 14.6. The van der Waals surface area contributed by atoms with Crippen LogP contribution < -0.4 is 15.6 Å². The van der Waals surface area contributed by atoms with Gasteiger partial charge in [-0.1, -0.05) is 36.4 Å². The molecule has 4 heterocycles. The van der Waals surface area contributed by atoms with Crippen LogP contribution in [0.3, 0.4) is 0 Å². The number of benzene rings is 2. The second-order valence-electron chi connectivity index (χ2n) is 9.21. The fourth-order valence-electron chi connectivity index (χ4n) is 4.80. The molecule has 2 N–H and O–H groups in total. The second kappa shape index (κ2) is 9.83. The number of H-pyrrole nitrogens is 1. The number of oxazole rings is 1. The van der Waals surface area contributed by atoms with E-state index in [0.717, 1.165) is 0 Å². The largest absolute Gasteiger partial charge is 0.494 e.